The van der Waals surface area contributed by atoms with Gasteiger partial charge in [-0.25, -0.2) is 19.2 Å². The molecule has 6 rings (SSSR count). The first-order valence-electron chi connectivity index (χ1n) is 15.0. The van der Waals surface area contributed by atoms with E-state index in [4.69, 9.17) is 14.7 Å². The minimum Gasteiger partial charge on any atom is -0.378 e. The summed E-state index contributed by atoms with van der Waals surface area (Å²) < 4.78 is 23.0. The highest BCUT2D eigenvalue weighted by atomic mass is 19.1. The third kappa shape index (κ3) is 6.08. The number of urea groups is 1. The Balaban J connectivity index is 1.14. The van der Waals surface area contributed by atoms with E-state index >= 15 is 4.39 Å². The summed E-state index contributed by atoms with van der Waals surface area (Å²) in [6.07, 6.45) is 1.97. The average molecular weight is 601 g/mol. The molecule has 11 nitrogen and oxygen atoms in total. The Labute approximate surface area is 255 Å². The molecule has 2 saturated heterocycles. The molecule has 4 heterocycles. The lowest BCUT2D eigenvalue weighted by atomic mass is 10.1. The van der Waals surface area contributed by atoms with Gasteiger partial charge in [0.1, 0.15) is 17.3 Å². The van der Waals surface area contributed by atoms with E-state index in [1.54, 1.807) is 36.4 Å². The van der Waals surface area contributed by atoms with Crippen LogP contribution in [0.15, 0.2) is 54.7 Å². The van der Waals surface area contributed by atoms with E-state index in [-0.39, 0.29) is 23.0 Å². The third-order valence-electron chi connectivity index (χ3n) is 8.35. The van der Waals surface area contributed by atoms with E-state index in [1.165, 1.54) is 6.07 Å². The van der Waals surface area contributed by atoms with Crippen molar-refractivity contribution in [3.05, 3.63) is 66.1 Å². The number of aryl methyl sites for hydroxylation is 1. The van der Waals surface area contributed by atoms with E-state index in [0.717, 1.165) is 29.9 Å². The largest absolute Gasteiger partial charge is 0.378 e. The molecule has 0 aliphatic carbocycles. The van der Waals surface area contributed by atoms with Crippen LogP contribution in [0.2, 0.25) is 0 Å². The lowest BCUT2D eigenvalue weighted by Crippen LogP contribution is -2.52. The maximum atomic E-state index is 15.5. The summed E-state index contributed by atoms with van der Waals surface area (Å²) in [5.41, 5.74) is 2.34. The van der Waals surface area contributed by atoms with Gasteiger partial charge < -0.3 is 34.6 Å². The molecule has 2 aliphatic heterocycles. The van der Waals surface area contributed by atoms with Gasteiger partial charge in [0.25, 0.3) is 5.91 Å². The summed E-state index contributed by atoms with van der Waals surface area (Å²) in [5, 5.41) is 6.33. The molecule has 230 valence electrons. The van der Waals surface area contributed by atoms with E-state index in [1.807, 2.05) is 28.7 Å². The lowest BCUT2D eigenvalue weighted by molar-refractivity contribution is 0.0572. The lowest BCUT2D eigenvalue weighted by Gasteiger charge is -2.37. The zero-order valence-corrected chi connectivity index (χ0v) is 25.2. The highest BCUT2D eigenvalue weighted by Crippen LogP contribution is 2.31. The predicted molar refractivity (Wildman–Crippen MR) is 169 cm³/mol. The second kappa shape index (κ2) is 12.6. The maximum Gasteiger partial charge on any atom is 0.323 e. The molecular formula is C32H37FN8O3. The first-order chi connectivity index (χ1) is 21.3. The molecule has 0 radical (unpaired) electrons. The van der Waals surface area contributed by atoms with Crippen molar-refractivity contribution in [2.45, 2.75) is 26.4 Å². The van der Waals surface area contributed by atoms with E-state index in [9.17, 15) is 9.59 Å². The molecular weight excluding hydrogens is 563 g/mol. The van der Waals surface area contributed by atoms with Crippen molar-refractivity contribution >= 4 is 40.2 Å². The molecule has 1 unspecified atom stereocenters. The van der Waals surface area contributed by atoms with Gasteiger partial charge in [0, 0.05) is 68.4 Å². The third-order valence-corrected chi connectivity index (χ3v) is 8.35. The molecule has 0 saturated carbocycles. The minimum atomic E-state index is -0.550. The van der Waals surface area contributed by atoms with Crippen molar-refractivity contribution in [1.29, 1.82) is 0 Å². The first-order valence-corrected chi connectivity index (χ1v) is 15.0. The maximum absolute atomic E-state index is 15.5. The molecule has 0 bridgehead atoms. The number of amides is 3. The summed E-state index contributed by atoms with van der Waals surface area (Å²) in [6, 6.07) is 13.0. The van der Waals surface area contributed by atoms with Crippen LogP contribution in [-0.4, -0.2) is 95.3 Å². The summed E-state index contributed by atoms with van der Waals surface area (Å²) >= 11 is 0. The number of anilines is 3. The van der Waals surface area contributed by atoms with Gasteiger partial charge in [-0.3, -0.25) is 4.79 Å². The van der Waals surface area contributed by atoms with Crippen molar-refractivity contribution in [3.8, 4) is 11.4 Å². The van der Waals surface area contributed by atoms with Crippen LogP contribution in [0.25, 0.3) is 22.4 Å². The van der Waals surface area contributed by atoms with Crippen LogP contribution in [0.1, 0.15) is 24.2 Å². The summed E-state index contributed by atoms with van der Waals surface area (Å²) in [7, 11) is 2.06. The molecule has 2 aromatic heterocycles. The van der Waals surface area contributed by atoms with Crippen LogP contribution in [0, 0.1) is 5.82 Å². The molecule has 2 N–H and O–H groups in total. The van der Waals surface area contributed by atoms with Crippen molar-refractivity contribution in [1.82, 2.24) is 24.3 Å². The number of nitrogens with one attached hydrogen (secondary N) is 2. The van der Waals surface area contributed by atoms with Crippen molar-refractivity contribution < 1.29 is 18.7 Å². The molecule has 1 atom stereocenters. The van der Waals surface area contributed by atoms with Crippen molar-refractivity contribution in [3.63, 3.8) is 0 Å². The number of likely N-dealkylation sites (N-methyl/N-ethyl adjacent to an activating group) is 1. The Morgan fingerprint density at radius 2 is 1.70 bits per heavy atom. The number of piperazine rings is 1. The van der Waals surface area contributed by atoms with Gasteiger partial charge in [0.05, 0.1) is 24.2 Å². The number of benzene rings is 2. The zero-order chi connectivity index (χ0) is 30.8. The molecule has 4 aromatic rings. The van der Waals surface area contributed by atoms with Gasteiger partial charge in [-0.2, -0.15) is 0 Å². The van der Waals surface area contributed by atoms with Crippen LogP contribution in [0.5, 0.6) is 0 Å². The van der Waals surface area contributed by atoms with Crippen LogP contribution < -0.4 is 15.5 Å². The second-order valence-electron chi connectivity index (χ2n) is 11.2. The number of rotatable bonds is 6. The SMILES string of the molecule is CCn1ccc2c(N3CCOCC3)nc(-c3ccc(NC(=O)Nc4ccc(C(=O)N5CCN(C)C(C)C5)cc4)cc3F)nc21. The van der Waals surface area contributed by atoms with E-state index < -0.39 is 11.8 Å². The van der Waals surface area contributed by atoms with Crippen LogP contribution in [0.4, 0.5) is 26.4 Å². The minimum absolute atomic E-state index is 0.0281. The molecule has 2 aliphatic rings. The number of carbonyl (C=O) groups is 2. The number of carbonyl (C=O) groups excluding carboxylic acids is 2. The zero-order valence-electron chi connectivity index (χ0n) is 25.2. The Bertz CT molecular complexity index is 1670. The Kier molecular flexibility index (Phi) is 8.45. The number of morpholine rings is 1. The van der Waals surface area contributed by atoms with Gasteiger partial charge in [-0.1, -0.05) is 0 Å². The first kappa shape index (κ1) is 29.5. The van der Waals surface area contributed by atoms with Crippen molar-refractivity contribution in [2.24, 2.45) is 0 Å². The smallest absolute Gasteiger partial charge is 0.323 e. The molecule has 2 fully saturated rings. The number of aromatic nitrogens is 3. The van der Waals surface area contributed by atoms with Gasteiger partial charge in [0.2, 0.25) is 0 Å². The van der Waals surface area contributed by atoms with Crippen LogP contribution in [0.3, 0.4) is 0 Å². The molecule has 0 spiro atoms. The highest BCUT2D eigenvalue weighted by Gasteiger charge is 2.25. The Morgan fingerprint density at radius 1 is 0.977 bits per heavy atom. The number of hydrogen-bond donors (Lipinski definition) is 2. The summed E-state index contributed by atoms with van der Waals surface area (Å²) in [6.45, 7) is 9.63. The van der Waals surface area contributed by atoms with Gasteiger partial charge in [-0.15, -0.1) is 0 Å². The topological polar surface area (TPSA) is 108 Å². The fraction of sp³-hybridized carbons (Fsp3) is 0.375. The quantitative estimate of drug-likeness (QED) is 0.335. The Hall–Kier alpha value is -4.55. The fourth-order valence-electron chi connectivity index (χ4n) is 5.62. The normalized spacial score (nSPS) is 17.6. The molecule has 3 amide bonds. The molecule has 12 heteroatoms. The van der Waals surface area contributed by atoms with Crippen molar-refractivity contribution in [2.75, 3.05) is 68.5 Å². The Morgan fingerprint density at radius 3 is 2.41 bits per heavy atom. The monoisotopic (exact) mass is 600 g/mol. The van der Waals surface area contributed by atoms with Gasteiger partial charge in [-0.05, 0) is 69.4 Å². The summed E-state index contributed by atoms with van der Waals surface area (Å²) in [5.74, 6) is 0.458. The van der Waals surface area contributed by atoms with Crippen LogP contribution >= 0.6 is 0 Å². The average Bonchev–Trinajstić information content (AvgIpc) is 3.45. The van der Waals surface area contributed by atoms with E-state index in [2.05, 4.69) is 34.4 Å². The number of halogens is 1. The number of nitrogens with zero attached hydrogens (tertiary/aromatic N) is 6. The highest BCUT2D eigenvalue weighted by molar-refractivity contribution is 6.00. The standard InChI is InChI=1S/C32H37FN8O3/c1-4-39-12-11-26-29(39)36-28(37-30(26)40-15-17-44-18-16-40)25-10-9-24(19-27(25)33)35-32(43)34-23-7-5-22(6-8-23)31(42)41-14-13-38(3)21(2)20-41/h5-12,19,21H,4,13-18,20H2,1-3H3,(H2,34,35,43). The number of fused-ring (bicyclic) bond motifs is 1. The fourth-order valence-corrected chi connectivity index (χ4v) is 5.62. The molecule has 44 heavy (non-hydrogen) atoms. The van der Waals surface area contributed by atoms with Crippen LogP contribution in [-0.2, 0) is 11.3 Å². The van der Waals surface area contributed by atoms with Gasteiger partial charge in [0.15, 0.2) is 5.82 Å². The second-order valence-corrected chi connectivity index (χ2v) is 11.2. The predicted octanol–water partition coefficient (Wildman–Crippen LogP) is 4.51. The van der Waals surface area contributed by atoms with Gasteiger partial charge >= 0.3 is 6.03 Å². The van der Waals surface area contributed by atoms with E-state index in [0.29, 0.717) is 56.7 Å². The number of ether oxygens (including phenoxy) is 1. The number of hydrogen-bond acceptors (Lipinski definition) is 7. The summed E-state index contributed by atoms with van der Waals surface area (Å²) in [4.78, 5) is 41.4. The molecule has 2 aromatic carbocycles.